The molecule has 1 unspecified atom stereocenters. The normalized spacial score (nSPS) is 12.8. The van der Waals surface area contributed by atoms with Crippen LogP contribution in [-0.2, 0) is 17.8 Å². The van der Waals surface area contributed by atoms with Crippen molar-refractivity contribution in [3.8, 4) is 10.6 Å². The largest absolute Gasteiger partial charge is 0.375 e. The quantitative estimate of drug-likeness (QED) is 0.397. The fourth-order valence-corrected chi connectivity index (χ4v) is 4.73. The number of aryl methyl sites for hydroxylation is 1. The zero-order valence-electron chi connectivity index (χ0n) is 18.2. The van der Waals surface area contributed by atoms with E-state index in [-0.39, 0.29) is 6.10 Å². The molecule has 1 aromatic carbocycles. The van der Waals surface area contributed by atoms with E-state index in [1.54, 1.807) is 29.8 Å². The second-order valence-electron chi connectivity index (χ2n) is 6.97. The summed E-state index contributed by atoms with van der Waals surface area (Å²) in [5.41, 5.74) is 3.21. The Morgan fingerprint density at radius 2 is 2.03 bits per heavy atom. The average Bonchev–Trinajstić information content (AvgIpc) is 3.37. The highest BCUT2D eigenvalue weighted by atomic mass is 32.1. The van der Waals surface area contributed by atoms with Crippen LogP contribution < -0.4 is 5.32 Å². The Morgan fingerprint density at radius 1 is 1.27 bits per heavy atom. The van der Waals surface area contributed by atoms with Crippen LogP contribution in [-0.4, -0.2) is 41.5 Å². The molecule has 0 aliphatic carbocycles. The molecule has 1 N–H and O–H groups in total. The number of rotatable bonds is 8. The molecule has 0 bridgehead atoms. The molecule has 6 nitrogen and oxygen atoms in total. The number of hydrogen-bond donors (Lipinski definition) is 1. The fraction of sp³-hybridized carbons (Fsp3) is 0.409. The second kappa shape index (κ2) is 10.7. The predicted molar refractivity (Wildman–Crippen MR) is 126 cm³/mol. The Hall–Kier alpha value is -2.29. The molecule has 0 radical (unpaired) electrons. The summed E-state index contributed by atoms with van der Waals surface area (Å²) >= 11 is 3.34. The lowest BCUT2D eigenvalue weighted by Gasteiger charge is -2.21. The smallest absolute Gasteiger partial charge is 0.194 e. The van der Waals surface area contributed by atoms with Crippen LogP contribution in [0, 0.1) is 6.92 Å². The first-order chi connectivity index (χ1) is 14.5. The van der Waals surface area contributed by atoms with Crippen LogP contribution in [0.4, 0.5) is 0 Å². The molecule has 0 saturated heterocycles. The highest BCUT2D eigenvalue weighted by molar-refractivity contribution is 7.15. The summed E-state index contributed by atoms with van der Waals surface area (Å²) in [6.07, 6.45) is 0.0177. The van der Waals surface area contributed by atoms with Gasteiger partial charge in [0.1, 0.15) is 16.1 Å². The zero-order valence-corrected chi connectivity index (χ0v) is 19.8. The Labute approximate surface area is 186 Å². The van der Waals surface area contributed by atoms with Crippen molar-refractivity contribution in [2.45, 2.75) is 40.0 Å². The number of methoxy groups -OCH3 is 1. The van der Waals surface area contributed by atoms with Crippen LogP contribution in [0.5, 0.6) is 0 Å². The van der Waals surface area contributed by atoms with Gasteiger partial charge in [-0.1, -0.05) is 30.3 Å². The molecule has 2 aromatic heterocycles. The van der Waals surface area contributed by atoms with E-state index >= 15 is 0 Å². The molecule has 30 heavy (non-hydrogen) atoms. The van der Waals surface area contributed by atoms with Crippen molar-refractivity contribution in [3.05, 3.63) is 57.0 Å². The van der Waals surface area contributed by atoms with Crippen LogP contribution in [0.1, 0.15) is 41.2 Å². The highest BCUT2D eigenvalue weighted by Crippen LogP contribution is 2.28. The molecule has 1 atom stereocenters. The molecular weight excluding hydrogens is 414 g/mol. The van der Waals surface area contributed by atoms with Gasteiger partial charge in [0, 0.05) is 36.5 Å². The summed E-state index contributed by atoms with van der Waals surface area (Å²) in [6, 6.07) is 10.3. The van der Waals surface area contributed by atoms with Gasteiger partial charge in [-0.2, -0.15) is 0 Å². The van der Waals surface area contributed by atoms with Crippen LogP contribution in [0.15, 0.2) is 40.7 Å². The first kappa shape index (κ1) is 22.4. The Balaban J connectivity index is 1.71. The van der Waals surface area contributed by atoms with E-state index in [1.807, 2.05) is 32.2 Å². The van der Waals surface area contributed by atoms with Gasteiger partial charge in [-0.3, -0.25) is 0 Å². The van der Waals surface area contributed by atoms with Gasteiger partial charge in [-0.25, -0.2) is 15.0 Å². The molecule has 2 heterocycles. The minimum absolute atomic E-state index is 0.0177. The molecule has 0 aliphatic rings. The maximum atomic E-state index is 5.37. The van der Waals surface area contributed by atoms with Crippen molar-refractivity contribution < 1.29 is 4.74 Å². The molecular formula is C22H29N5OS2. The minimum Gasteiger partial charge on any atom is -0.375 e. The van der Waals surface area contributed by atoms with Gasteiger partial charge in [0.15, 0.2) is 5.96 Å². The zero-order chi connectivity index (χ0) is 21.5. The number of hydrogen-bond acceptors (Lipinski definition) is 6. The summed E-state index contributed by atoms with van der Waals surface area (Å²) in [5, 5.41) is 7.51. The molecule has 0 fully saturated rings. The van der Waals surface area contributed by atoms with Gasteiger partial charge in [0.05, 0.1) is 24.5 Å². The Kier molecular flexibility index (Phi) is 7.95. The lowest BCUT2D eigenvalue weighted by atomic mass is 10.2. The lowest BCUT2D eigenvalue weighted by Crippen LogP contribution is -2.38. The van der Waals surface area contributed by atoms with Crippen molar-refractivity contribution in [3.63, 3.8) is 0 Å². The first-order valence-electron chi connectivity index (χ1n) is 10.00. The number of guanidine groups is 1. The Morgan fingerprint density at radius 3 is 2.73 bits per heavy atom. The number of nitrogens with zero attached hydrogens (tertiary/aromatic N) is 4. The van der Waals surface area contributed by atoms with Crippen molar-refractivity contribution in [2.24, 2.45) is 4.99 Å². The monoisotopic (exact) mass is 443 g/mol. The van der Waals surface area contributed by atoms with Crippen LogP contribution >= 0.6 is 22.7 Å². The predicted octanol–water partition coefficient (Wildman–Crippen LogP) is 4.88. The highest BCUT2D eigenvalue weighted by Gasteiger charge is 2.14. The van der Waals surface area contributed by atoms with Crippen molar-refractivity contribution in [1.82, 2.24) is 20.2 Å². The summed E-state index contributed by atoms with van der Waals surface area (Å²) in [6.45, 7) is 8.25. The Bertz CT molecular complexity index is 967. The van der Waals surface area contributed by atoms with E-state index < -0.39 is 0 Å². The van der Waals surface area contributed by atoms with Gasteiger partial charge in [-0.05, 0) is 20.8 Å². The van der Waals surface area contributed by atoms with Crippen molar-refractivity contribution in [2.75, 3.05) is 20.7 Å². The number of thiazole rings is 2. The number of nitrogens with one attached hydrogen (secondary N) is 1. The molecule has 3 aromatic rings. The standard InChI is InChI=1S/C22H29N5OS2/c1-6-23-22(27(4)13-18-14-29-20(26-18)16(3)28-5)24-12-19-15(2)25-21(30-19)17-10-8-7-9-11-17/h7-11,14,16H,6,12-13H2,1-5H3,(H,23,24). The maximum absolute atomic E-state index is 5.37. The molecule has 160 valence electrons. The molecule has 0 amide bonds. The third-order valence-electron chi connectivity index (χ3n) is 4.65. The van der Waals surface area contributed by atoms with Gasteiger partial charge in [-0.15, -0.1) is 22.7 Å². The lowest BCUT2D eigenvalue weighted by molar-refractivity contribution is 0.119. The van der Waals surface area contributed by atoms with Crippen molar-refractivity contribution in [1.29, 1.82) is 0 Å². The van der Waals surface area contributed by atoms with Gasteiger partial charge < -0.3 is 15.0 Å². The van der Waals surface area contributed by atoms with E-state index in [0.717, 1.165) is 39.5 Å². The molecule has 0 saturated carbocycles. The number of aliphatic imine (C=N–C) groups is 1. The summed E-state index contributed by atoms with van der Waals surface area (Å²) in [5.74, 6) is 0.862. The van der Waals surface area contributed by atoms with Gasteiger partial charge in [0.25, 0.3) is 0 Å². The number of benzene rings is 1. The van der Waals surface area contributed by atoms with E-state index in [0.29, 0.717) is 13.1 Å². The summed E-state index contributed by atoms with van der Waals surface area (Å²) in [7, 11) is 3.74. The van der Waals surface area contributed by atoms with E-state index in [9.17, 15) is 0 Å². The first-order valence-corrected chi connectivity index (χ1v) is 11.7. The van der Waals surface area contributed by atoms with Crippen LogP contribution in [0.25, 0.3) is 10.6 Å². The third-order valence-corrected chi connectivity index (χ3v) is 6.90. The minimum atomic E-state index is 0.0177. The number of aromatic nitrogens is 2. The fourth-order valence-electron chi connectivity index (χ4n) is 2.90. The van der Waals surface area contributed by atoms with Crippen LogP contribution in [0.3, 0.4) is 0 Å². The van der Waals surface area contributed by atoms with Crippen molar-refractivity contribution >= 4 is 28.6 Å². The third kappa shape index (κ3) is 5.65. The molecule has 8 heteroatoms. The number of ether oxygens (including phenoxy) is 1. The SMILES string of the molecule is CCNC(=NCc1sc(-c2ccccc2)nc1C)N(C)Cc1csc(C(C)OC)n1. The maximum Gasteiger partial charge on any atom is 0.194 e. The topological polar surface area (TPSA) is 62.6 Å². The van der Waals surface area contributed by atoms with Gasteiger partial charge in [0.2, 0.25) is 0 Å². The average molecular weight is 444 g/mol. The summed E-state index contributed by atoms with van der Waals surface area (Å²) in [4.78, 5) is 17.6. The van der Waals surface area contributed by atoms with E-state index in [2.05, 4.69) is 41.6 Å². The van der Waals surface area contributed by atoms with E-state index in [4.69, 9.17) is 19.7 Å². The van der Waals surface area contributed by atoms with Gasteiger partial charge >= 0.3 is 0 Å². The molecule has 3 rings (SSSR count). The van der Waals surface area contributed by atoms with E-state index in [1.165, 1.54) is 4.88 Å². The molecule has 0 aliphatic heterocycles. The second-order valence-corrected chi connectivity index (χ2v) is 8.95. The van der Waals surface area contributed by atoms with Crippen LogP contribution in [0.2, 0.25) is 0 Å². The molecule has 0 spiro atoms. The summed E-state index contributed by atoms with van der Waals surface area (Å²) < 4.78 is 5.37.